The second-order valence-electron chi connectivity index (χ2n) is 2.66. The van der Waals surface area contributed by atoms with E-state index in [9.17, 15) is 0 Å². The summed E-state index contributed by atoms with van der Waals surface area (Å²) < 4.78 is 5.16. The predicted octanol–water partition coefficient (Wildman–Crippen LogP) is 2.62. The average Bonchev–Trinajstić information content (AvgIpc) is 2.18. The SMILES string of the molecule is COc1ccccc1/C(C)=C/C#N. The summed E-state index contributed by atoms with van der Waals surface area (Å²) in [6.07, 6.45) is 1.51. The summed E-state index contributed by atoms with van der Waals surface area (Å²) in [5, 5.41) is 8.49. The third-order valence-corrected chi connectivity index (χ3v) is 1.81. The second-order valence-corrected chi connectivity index (χ2v) is 2.66. The van der Waals surface area contributed by atoms with Crippen LogP contribution in [0, 0.1) is 11.3 Å². The van der Waals surface area contributed by atoms with Crippen molar-refractivity contribution in [2.45, 2.75) is 6.92 Å². The number of ether oxygens (including phenoxy) is 1. The van der Waals surface area contributed by atoms with Crippen LogP contribution in [0.15, 0.2) is 30.3 Å². The van der Waals surface area contributed by atoms with Gasteiger partial charge in [-0.2, -0.15) is 5.26 Å². The molecule has 2 nitrogen and oxygen atoms in total. The van der Waals surface area contributed by atoms with E-state index in [1.165, 1.54) is 6.08 Å². The minimum Gasteiger partial charge on any atom is -0.496 e. The van der Waals surface area contributed by atoms with Crippen LogP contribution in [0.5, 0.6) is 5.75 Å². The summed E-state index contributed by atoms with van der Waals surface area (Å²) in [6.45, 7) is 1.89. The quantitative estimate of drug-likeness (QED) is 0.644. The fourth-order valence-corrected chi connectivity index (χ4v) is 1.14. The third-order valence-electron chi connectivity index (χ3n) is 1.81. The minimum atomic E-state index is 0.798. The Morgan fingerprint density at radius 3 is 2.77 bits per heavy atom. The Morgan fingerprint density at radius 1 is 1.46 bits per heavy atom. The zero-order chi connectivity index (χ0) is 9.68. The lowest BCUT2D eigenvalue weighted by Gasteiger charge is -2.06. The molecule has 0 saturated carbocycles. The molecule has 0 N–H and O–H groups in total. The molecule has 0 fully saturated rings. The van der Waals surface area contributed by atoms with Crippen LogP contribution in [-0.2, 0) is 0 Å². The molecule has 1 rings (SSSR count). The van der Waals surface area contributed by atoms with Gasteiger partial charge in [0.15, 0.2) is 0 Å². The highest BCUT2D eigenvalue weighted by Gasteiger charge is 2.01. The van der Waals surface area contributed by atoms with Gasteiger partial charge in [-0.05, 0) is 18.6 Å². The molecule has 0 aliphatic rings. The number of methoxy groups -OCH3 is 1. The maximum atomic E-state index is 8.49. The standard InChI is InChI=1S/C11H11NO/c1-9(7-8-12)10-5-3-4-6-11(10)13-2/h3-7H,1-2H3/b9-7+. The normalized spacial score (nSPS) is 10.7. The van der Waals surface area contributed by atoms with Crippen molar-refractivity contribution in [3.05, 3.63) is 35.9 Å². The third kappa shape index (κ3) is 2.09. The first-order valence-electron chi connectivity index (χ1n) is 3.99. The molecule has 66 valence electrons. The van der Waals surface area contributed by atoms with Gasteiger partial charge in [0, 0.05) is 11.6 Å². The Bertz CT molecular complexity index is 361. The van der Waals surface area contributed by atoms with Crippen molar-refractivity contribution < 1.29 is 4.74 Å². The van der Waals surface area contributed by atoms with Crippen LogP contribution in [0.2, 0.25) is 0 Å². The Morgan fingerprint density at radius 2 is 2.15 bits per heavy atom. The number of rotatable bonds is 2. The first kappa shape index (κ1) is 9.34. The molecule has 1 aromatic rings. The van der Waals surface area contributed by atoms with Crippen molar-refractivity contribution >= 4 is 5.57 Å². The lowest BCUT2D eigenvalue weighted by Crippen LogP contribution is -1.88. The highest BCUT2D eigenvalue weighted by molar-refractivity contribution is 5.70. The summed E-state index contributed by atoms with van der Waals surface area (Å²) in [6, 6.07) is 9.64. The summed E-state index contributed by atoms with van der Waals surface area (Å²) >= 11 is 0. The van der Waals surface area contributed by atoms with Gasteiger partial charge in [-0.1, -0.05) is 18.2 Å². The van der Waals surface area contributed by atoms with Gasteiger partial charge in [-0.15, -0.1) is 0 Å². The van der Waals surface area contributed by atoms with E-state index < -0.39 is 0 Å². The van der Waals surface area contributed by atoms with Gasteiger partial charge in [0.1, 0.15) is 5.75 Å². The van der Waals surface area contributed by atoms with E-state index in [1.54, 1.807) is 7.11 Å². The second kappa shape index (κ2) is 4.32. The van der Waals surface area contributed by atoms with Gasteiger partial charge < -0.3 is 4.74 Å². The highest BCUT2D eigenvalue weighted by Crippen LogP contribution is 2.24. The van der Waals surface area contributed by atoms with Crippen LogP contribution in [0.4, 0.5) is 0 Å². The Balaban J connectivity index is 3.15. The van der Waals surface area contributed by atoms with Crippen molar-refractivity contribution in [3.63, 3.8) is 0 Å². The molecule has 1 aromatic carbocycles. The first-order chi connectivity index (χ1) is 6.29. The van der Waals surface area contributed by atoms with Crippen molar-refractivity contribution in [2.24, 2.45) is 0 Å². The van der Waals surface area contributed by atoms with Crippen molar-refractivity contribution in [1.29, 1.82) is 5.26 Å². The Kier molecular flexibility index (Phi) is 3.10. The van der Waals surface area contributed by atoms with E-state index in [0.717, 1.165) is 16.9 Å². The molecular weight excluding hydrogens is 162 g/mol. The lowest BCUT2D eigenvalue weighted by molar-refractivity contribution is 0.413. The largest absolute Gasteiger partial charge is 0.496 e. The molecule has 2 heteroatoms. The zero-order valence-electron chi connectivity index (χ0n) is 7.74. The molecule has 0 saturated heterocycles. The Labute approximate surface area is 78.1 Å². The van der Waals surface area contributed by atoms with Crippen LogP contribution < -0.4 is 4.74 Å². The number of nitrogens with zero attached hydrogens (tertiary/aromatic N) is 1. The molecule has 0 unspecified atom stereocenters. The molecule has 0 aliphatic heterocycles. The van der Waals surface area contributed by atoms with E-state index in [0.29, 0.717) is 0 Å². The first-order valence-corrected chi connectivity index (χ1v) is 3.99. The highest BCUT2D eigenvalue weighted by atomic mass is 16.5. The smallest absolute Gasteiger partial charge is 0.126 e. The van der Waals surface area contributed by atoms with E-state index in [4.69, 9.17) is 10.00 Å². The molecule has 0 aliphatic carbocycles. The van der Waals surface area contributed by atoms with Gasteiger partial charge in [0.25, 0.3) is 0 Å². The molecule has 0 amide bonds. The Hall–Kier alpha value is -1.75. The van der Waals surface area contributed by atoms with Crippen molar-refractivity contribution in [2.75, 3.05) is 7.11 Å². The summed E-state index contributed by atoms with van der Waals surface area (Å²) in [4.78, 5) is 0. The average molecular weight is 173 g/mol. The van der Waals surface area contributed by atoms with E-state index in [1.807, 2.05) is 37.3 Å². The number of hydrogen-bond acceptors (Lipinski definition) is 2. The van der Waals surface area contributed by atoms with Crippen LogP contribution >= 0.6 is 0 Å². The molecule has 0 aromatic heterocycles. The van der Waals surface area contributed by atoms with Crippen LogP contribution in [0.3, 0.4) is 0 Å². The molecule has 0 atom stereocenters. The van der Waals surface area contributed by atoms with Crippen LogP contribution in [0.25, 0.3) is 5.57 Å². The maximum absolute atomic E-state index is 8.49. The minimum absolute atomic E-state index is 0.798. The molecule has 0 radical (unpaired) electrons. The van der Waals surface area contributed by atoms with Gasteiger partial charge in [0.05, 0.1) is 13.2 Å². The topological polar surface area (TPSA) is 33.0 Å². The van der Waals surface area contributed by atoms with Crippen molar-refractivity contribution in [1.82, 2.24) is 0 Å². The number of allylic oxidation sites excluding steroid dienone is 2. The summed E-state index contributed by atoms with van der Waals surface area (Å²) in [5.74, 6) is 0.798. The van der Waals surface area contributed by atoms with E-state index in [-0.39, 0.29) is 0 Å². The predicted molar refractivity (Wildman–Crippen MR) is 52.3 cm³/mol. The number of hydrogen-bond donors (Lipinski definition) is 0. The zero-order valence-corrected chi connectivity index (χ0v) is 7.74. The van der Waals surface area contributed by atoms with Gasteiger partial charge in [-0.25, -0.2) is 0 Å². The molecule has 0 spiro atoms. The molecule has 0 heterocycles. The van der Waals surface area contributed by atoms with Gasteiger partial charge in [0.2, 0.25) is 0 Å². The fraction of sp³-hybridized carbons (Fsp3) is 0.182. The monoisotopic (exact) mass is 173 g/mol. The molecule has 13 heavy (non-hydrogen) atoms. The lowest BCUT2D eigenvalue weighted by atomic mass is 10.1. The fourth-order valence-electron chi connectivity index (χ4n) is 1.14. The number of benzene rings is 1. The number of para-hydroxylation sites is 1. The van der Waals surface area contributed by atoms with Gasteiger partial charge >= 0.3 is 0 Å². The van der Waals surface area contributed by atoms with Crippen LogP contribution in [-0.4, -0.2) is 7.11 Å². The number of nitriles is 1. The van der Waals surface area contributed by atoms with Crippen LogP contribution in [0.1, 0.15) is 12.5 Å². The molecular formula is C11H11NO. The van der Waals surface area contributed by atoms with E-state index >= 15 is 0 Å². The maximum Gasteiger partial charge on any atom is 0.126 e. The molecule has 0 bridgehead atoms. The van der Waals surface area contributed by atoms with E-state index in [2.05, 4.69) is 0 Å². The van der Waals surface area contributed by atoms with Gasteiger partial charge in [-0.3, -0.25) is 0 Å². The van der Waals surface area contributed by atoms with Crippen molar-refractivity contribution in [3.8, 4) is 11.8 Å². The summed E-state index contributed by atoms with van der Waals surface area (Å²) in [7, 11) is 1.62. The summed E-state index contributed by atoms with van der Waals surface area (Å²) in [5.41, 5.74) is 1.88.